The van der Waals surface area contributed by atoms with Crippen molar-refractivity contribution in [2.24, 2.45) is 0 Å². The van der Waals surface area contributed by atoms with Crippen LogP contribution in [0.4, 0.5) is 0 Å². The molecule has 0 spiro atoms. The van der Waals surface area contributed by atoms with Crippen molar-refractivity contribution < 1.29 is 9.15 Å². The molecule has 1 aliphatic rings. The Hall–Kier alpha value is -1.43. The van der Waals surface area contributed by atoms with Crippen molar-refractivity contribution in [2.45, 2.75) is 32.6 Å². The van der Waals surface area contributed by atoms with Crippen LogP contribution in [0.25, 0.3) is 11.5 Å². The van der Waals surface area contributed by atoms with E-state index in [2.05, 4.69) is 28.9 Å². The number of nitrogens with zero attached hydrogens (tertiary/aromatic N) is 3. The van der Waals surface area contributed by atoms with Crippen LogP contribution in [-0.4, -0.2) is 40.4 Å². The van der Waals surface area contributed by atoms with Gasteiger partial charge in [0.2, 0.25) is 11.8 Å². The summed E-state index contributed by atoms with van der Waals surface area (Å²) in [7, 11) is 0. The van der Waals surface area contributed by atoms with Gasteiger partial charge in [0.25, 0.3) is 0 Å². The van der Waals surface area contributed by atoms with Gasteiger partial charge >= 0.3 is 0 Å². The second-order valence-electron chi connectivity index (χ2n) is 5.43. The van der Waals surface area contributed by atoms with E-state index in [-0.39, 0.29) is 12.2 Å². The molecule has 0 saturated carbocycles. The topological polar surface area (TPSA) is 51.4 Å². The Balaban J connectivity index is 1.72. The van der Waals surface area contributed by atoms with Crippen LogP contribution in [0.2, 0.25) is 5.02 Å². The van der Waals surface area contributed by atoms with Crippen LogP contribution in [0.5, 0.6) is 0 Å². The summed E-state index contributed by atoms with van der Waals surface area (Å²) in [5.41, 5.74) is 0.765. The van der Waals surface area contributed by atoms with E-state index in [0.29, 0.717) is 23.3 Å². The maximum atomic E-state index is 6.14. The van der Waals surface area contributed by atoms with Crippen LogP contribution in [-0.2, 0) is 11.3 Å². The molecule has 2 atom stereocenters. The van der Waals surface area contributed by atoms with Gasteiger partial charge in [0, 0.05) is 13.1 Å². The van der Waals surface area contributed by atoms with E-state index in [9.17, 15) is 0 Å². The number of hydrogen-bond acceptors (Lipinski definition) is 5. The second kappa shape index (κ2) is 6.13. The highest BCUT2D eigenvalue weighted by atomic mass is 35.5. The molecule has 2 unspecified atom stereocenters. The molecule has 6 heteroatoms. The Kier molecular flexibility index (Phi) is 4.24. The molecular formula is C15H18ClN3O2. The van der Waals surface area contributed by atoms with Crippen LogP contribution in [0.3, 0.4) is 0 Å². The van der Waals surface area contributed by atoms with E-state index < -0.39 is 0 Å². The Morgan fingerprint density at radius 2 is 1.90 bits per heavy atom. The first kappa shape index (κ1) is 14.5. The summed E-state index contributed by atoms with van der Waals surface area (Å²) in [6.45, 7) is 6.52. The number of morpholine rings is 1. The molecule has 1 saturated heterocycles. The normalized spacial score (nSPS) is 23.4. The minimum absolute atomic E-state index is 0.222. The van der Waals surface area contributed by atoms with Crippen molar-refractivity contribution in [3.8, 4) is 11.5 Å². The van der Waals surface area contributed by atoms with E-state index in [0.717, 1.165) is 18.7 Å². The summed E-state index contributed by atoms with van der Waals surface area (Å²) in [6, 6.07) is 7.46. The molecule has 2 heterocycles. The van der Waals surface area contributed by atoms with Crippen LogP contribution < -0.4 is 0 Å². The lowest BCUT2D eigenvalue weighted by molar-refractivity contribution is -0.0721. The molecule has 0 radical (unpaired) electrons. The summed E-state index contributed by atoms with van der Waals surface area (Å²) >= 11 is 6.14. The molecule has 5 nitrogen and oxygen atoms in total. The zero-order chi connectivity index (χ0) is 14.8. The fourth-order valence-electron chi connectivity index (χ4n) is 2.67. The number of aromatic nitrogens is 2. The number of ether oxygens (including phenoxy) is 1. The summed E-state index contributed by atoms with van der Waals surface area (Å²) in [5.74, 6) is 1.07. The fraction of sp³-hybridized carbons (Fsp3) is 0.467. The molecule has 0 N–H and O–H groups in total. The fourth-order valence-corrected chi connectivity index (χ4v) is 2.88. The number of rotatable bonds is 3. The third-order valence-corrected chi connectivity index (χ3v) is 3.75. The molecule has 112 valence electrons. The van der Waals surface area contributed by atoms with Crippen LogP contribution >= 0.6 is 11.6 Å². The lowest BCUT2D eigenvalue weighted by Gasteiger charge is -2.34. The van der Waals surface area contributed by atoms with Gasteiger partial charge in [0.15, 0.2) is 0 Å². The van der Waals surface area contributed by atoms with E-state index >= 15 is 0 Å². The first-order valence-corrected chi connectivity index (χ1v) is 7.44. The standard InChI is InChI=1S/C15H18ClN3O2/c1-10-7-19(8-11(2)20-10)9-14-17-18-15(21-14)12-5-3-4-6-13(12)16/h3-6,10-11H,7-9H2,1-2H3. The highest BCUT2D eigenvalue weighted by molar-refractivity contribution is 6.33. The molecular weight excluding hydrogens is 290 g/mol. The van der Waals surface area contributed by atoms with Gasteiger partial charge in [-0.05, 0) is 26.0 Å². The van der Waals surface area contributed by atoms with Gasteiger partial charge < -0.3 is 9.15 Å². The Bertz CT molecular complexity index is 606. The average Bonchev–Trinajstić information content (AvgIpc) is 2.86. The number of halogens is 1. The number of hydrogen-bond donors (Lipinski definition) is 0. The molecule has 21 heavy (non-hydrogen) atoms. The van der Waals surface area contributed by atoms with Crippen molar-refractivity contribution in [1.82, 2.24) is 15.1 Å². The quantitative estimate of drug-likeness (QED) is 0.872. The van der Waals surface area contributed by atoms with Gasteiger partial charge in [-0.2, -0.15) is 0 Å². The van der Waals surface area contributed by atoms with Gasteiger partial charge in [0.05, 0.1) is 29.3 Å². The SMILES string of the molecule is CC1CN(Cc2nnc(-c3ccccc3Cl)o2)CC(C)O1. The van der Waals surface area contributed by atoms with Crippen LogP contribution in [0, 0.1) is 0 Å². The van der Waals surface area contributed by atoms with Crippen molar-refractivity contribution in [3.05, 3.63) is 35.2 Å². The largest absolute Gasteiger partial charge is 0.419 e. The Morgan fingerprint density at radius 3 is 2.62 bits per heavy atom. The average molecular weight is 308 g/mol. The summed E-state index contributed by atoms with van der Waals surface area (Å²) < 4.78 is 11.5. The minimum Gasteiger partial charge on any atom is -0.419 e. The smallest absolute Gasteiger partial charge is 0.249 e. The highest BCUT2D eigenvalue weighted by Crippen LogP contribution is 2.26. The molecule has 0 bridgehead atoms. The lowest BCUT2D eigenvalue weighted by Crippen LogP contribution is -2.44. The Labute approximate surface area is 128 Å². The first-order chi connectivity index (χ1) is 10.1. The van der Waals surface area contributed by atoms with E-state index in [4.69, 9.17) is 20.8 Å². The van der Waals surface area contributed by atoms with Gasteiger partial charge in [-0.3, -0.25) is 4.90 Å². The maximum Gasteiger partial charge on any atom is 0.249 e. The monoisotopic (exact) mass is 307 g/mol. The summed E-state index contributed by atoms with van der Waals surface area (Å²) in [4.78, 5) is 2.27. The molecule has 0 aliphatic carbocycles. The zero-order valence-corrected chi connectivity index (χ0v) is 12.9. The first-order valence-electron chi connectivity index (χ1n) is 7.07. The minimum atomic E-state index is 0.222. The third kappa shape index (κ3) is 3.43. The van der Waals surface area contributed by atoms with Gasteiger partial charge in [0.1, 0.15) is 0 Å². The molecule has 3 rings (SSSR count). The van der Waals surface area contributed by atoms with Gasteiger partial charge in [-0.15, -0.1) is 10.2 Å². The van der Waals surface area contributed by atoms with Crippen LogP contribution in [0.15, 0.2) is 28.7 Å². The van der Waals surface area contributed by atoms with Gasteiger partial charge in [-0.1, -0.05) is 23.7 Å². The van der Waals surface area contributed by atoms with Crippen molar-refractivity contribution >= 4 is 11.6 Å². The van der Waals surface area contributed by atoms with Crippen molar-refractivity contribution in [3.63, 3.8) is 0 Å². The zero-order valence-electron chi connectivity index (χ0n) is 12.1. The van der Waals surface area contributed by atoms with E-state index in [1.807, 2.05) is 24.3 Å². The Morgan fingerprint density at radius 1 is 1.19 bits per heavy atom. The molecule has 1 aromatic carbocycles. The summed E-state index contributed by atoms with van der Waals surface area (Å²) in [5, 5.41) is 8.82. The maximum absolute atomic E-state index is 6.14. The second-order valence-corrected chi connectivity index (χ2v) is 5.84. The third-order valence-electron chi connectivity index (χ3n) is 3.43. The molecule has 1 fully saturated rings. The van der Waals surface area contributed by atoms with Crippen LogP contribution in [0.1, 0.15) is 19.7 Å². The molecule has 0 amide bonds. The van der Waals surface area contributed by atoms with Crippen molar-refractivity contribution in [1.29, 1.82) is 0 Å². The van der Waals surface area contributed by atoms with Crippen molar-refractivity contribution in [2.75, 3.05) is 13.1 Å². The molecule has 1 aromatic heterocycles. The van der Waals surface area contributed by atoms with E-state index in [1.54, 1.807) is 0 Å². The predicted octanol–water partition coefficient (Wildman–Crippen LogP) is 3.00. The number of benzene rings is 1. The lowest BCUT2D eigenvalue weighted by atomic mass is 10.2. The van der Waals surface area contributed by atoms with E-state index in [1.165, 1.54) is 0 Å². The van der Waals surface area contributed by atoms with Gasteiger partial charge in [-0.25, -0.2) is 0 Å². The highest BCUT2D eigenvalue weighted by Gasteiger charge is 2.24. The molecule has 1 aliphatic heterocycles. The predicted molar refractivity (Wildman–Crippen MR) is 80.0 cm³/mol. The molecule has 2 aromatic rings. The summed E-state index contributed by atoms with van der Waals surface area (Å²) in [6.07, 6.45) is 0.444.